The van der Waals surface area contributed by atoms with Crippen molar-refractivity contribution >= 4 is 45.7 Å². The minimum Gasteiger partial charge on any atom is -0.466 e. The molecule has 0 atom stereocenters. The lowest BCUT2D eigenvalue weighted by atomic mass is 10.2. The topological polar surface area (TPSA) is 81.9 Å². The SMILES string of the molecule is Cc1csc(Sc2ccc(NC(=O)COc3nn(C)c4nc(C)cc(C)c34)cc2)n1. The van der Waals surface area contributed by atoms with Gasteiger partial charge in [-0.15, -0.1) is 16.4 Å². The fraction of sp³-hybridized carbons (Fsp3) is 0.238. The van der Waals surface area contributed by atoms with E-state index in [1.54, 1.807) is 27.8 Å². The van der Waals surface area contributed by atoms with Crippen LogP contribution in [0.4, 0.5) is 5.69 Å². The zero-order chi connectivity index (χ0) is 21.3. The van der Waals surface area contributed by atoms with E-state index in [0.29, 0.717) is 11.6 Å². The van der Waals surface area contributed by atoms with E-state index in [1.165, 1.54) is 0 Å². The van der Waals surface area contributed by atoms with Crippen molar-refractivity contribution in [1.82, 2.24) is 19.7 Å². The van der Waals surface area contributed by atoms with Crippen molar-refractivity contribution in [3.8, 4) is 5.88 Å². The Morgan fingerprint density at radius 1 is 1.17 bits per heavy atom. The second-order valence-electron chi connectivity index (χ2n) is 6.93. The number of ether oxygens (including phenoxy) is 1. The molecular weight excluding hydrogens is 418 g/mol. The average molecular weight is 440 g/mol. The van der Waals surface area contributed by atoms with Crippen LogP contribution < -0.4 is 10.1 Å². The Labute approximate surface area is 182 Å². The van der Waals surface area contributed by atoms with E-state index in [0.717, 1.165) is 37.2 Å². The van der Waals surface area contributed by atoms with E-state index in [9.17, 15) is 4.79 Å². The van der Waals surface area contributed by atoms with Crippen LogP contribution in [-0.2, 0) is 11.8 Å². The van der Waals surface area contributed by atoms with E-state index in [4.69, 9.17) is 4.74 Å². The second kappa shape index (κ2) is 8.45. The maximum Gasteiger partial charge on any atom is 0.262 e. The molecule has 3 aromatic heterocycles. The molecule has 9 heteroatoms. The number of amides is 1. The van der Waals surface area contributed by atoms with Gasteiger partial charge in [0.05, 0.1) is 5.39 Å². The summed E-state index contributed by atoms with van der Waals surface area (Å²) in [6.07, 6.45) is 0. The quantitative estimate of drug-likeness (QED) is 0.476. The number of aryl methyl sites for hydroxylation is 4. The maximum absolute atomic E-state index is 12.3. The van der Waals surface area contributed by atoms with E-state index < -0.39 is 0 Å². The fourth-order valence-corrected chi connectivity index (χ4v) is 4.88. The zero-order valence-corrected chi connectivity index (χ0v) is 18.7. The first kappa shape index (κ1) is 20.4. The molecule has 0 saturated heterocycles. The number of nitrogens with zero attached hydrogens (tertiary/aromatic N) is 4. The number of benzene rings is 1. The number of rotatable bonds is 6. The summed E-state index contributed by atoms with van der Waals surface area (Å²) in [6.45, 7) is 5.77. The molecule has 1 aromatic carbocycles. The molecule has 1 amide bonds. The van der Waals surface area contributed by atoms with Gasteiger partial charge in [-0.3, -0.25) is 4.79 Å². The molecule has 0 bridgehead atoms. The van der Waals surface area contributed by atoms with Gasteiger partial charge in [0.15, 0.2) is 16.6 Å². The van der Waals surface area contributed by atoms with Crippen LogP contribution in [0.15, 0.2) is 44.9 Å². The number of hydrogen-bond donors (Lipinski definition) is 1. The van der Waals surface area contributed by atoms with Crippen molar-refractivity contribution in [3.05, 3.63) is 52.7 Å². The predicted octanol–water partition coefficient (Wildman–Crippen LogP) is 4.52. The highest BCUT2D eigenvalue weighted by molar-refractivity contribution is 8.01. The molecule has 3 heterocycles. The molecule has 1 N–H and O–H groups in total. The van der Waals surface area contributed by atoms with Gasteiger partial charge >= 0.3 is 0 Å². The molecule has 0 aliphatic carbocycles. The van der Waals surface area contributed by atoms with E-state index in [1.807, 2.05) is 63.5 Å². The summed E-state index contributed by atoms with van der Waals surface area (Å²) in [6, 6.07) is 9.63. The van der Waals surface area contributed by atoms with Crippen LogP contribution in [0, 0.1) is 20.8 Å². The van der Waals surface area contributed by atoms with Gasteiger partial charge in [0.25, 0.3) is 5.91 Å². The average Bonchev–Trinajstić information content (AvgIpc) is 3.24. The Hall–Kier alpha value is -2.91. The van der Waals surface area contributed by atoms with Crippen molar-refractivity contribution in [2.24, 2.45) is 7.05 Å². The largest absolute Gasteiger partial charge is 0.466 e. The van der Waals surface area contributed by atoms with Gasteiger partial charge in [-0.2, -0.15) is 0 Å². The van der Waals surface area contributed by atoms with Crippen molar-refractivity contribution in [2.75, 3.05) is 11.9 Å². The summed E-state index contributed by atoms with van der Waals surface area (Å²) in [5.74, 6) is 0.167. The van der Waals surface area contributed by atoms with Gasteiger partial charge in [-0.05, 0) is 56.7 Å². The lowest BCUT2D eigenvalue weighted by Crippen LogP contribution is -2.20. The minimum atomic E-state index is -0.248. The monoisotopic (exact) mass is 439 g/mol. The Morgan fingerprint density at radius 3 is 2.63 bits per heavy atom. The summed E-state index contributed by atoms with van der Waals surface area (Å²) in [5.41, 5.74) is 4.41. The van der Waals surface area contributed by atoms with Crippen molar-refractivity contribution in [3.63, 3.8) is 0 Å². The first-order valence-electron chi connectivity index (χ1n) is 9.32. The lowest BCUT2D eigenvalue weighted by Gasteiger charge is -2.07. The van der Waals surface area contributed by atoms with Crippen LogP contribution in [0.25, 0.3) is 11.0 Å². The highest BCUT2D eigenvalue weighted by Gasteiger charge is 2.15. The highest BCUT2D eigenvalue weighted by Crippen LogP contribution is 2.31. The number of nitrogens with one attached hydrogen (secondary N) is 1. The van der Waals surface area contributed by atoms with Gasteiger partial charge in [0.2, 0.25) is 5.88 Å². The molecule has 0 aliphatic rings. The van der Waals surface area contributed by atoms with Crippen LogP contribution in [0.2, 0.25) is 0 Å². The Bertz CT molecular complexity index is 1210. The number of pyridine rings is 1. The summed E-state index contributed by atoms with van der Waals surface area (Å²) in [7, 11) is 1.81. The Kier molecular flexibility index (Phi) is 5.74. The van der Waals surface area contributed by atoms with Gasteiger partial charge in [-0.25, -0.2) is 14.6 Å². The molecule has 0 fully saturated rings. The number of aromatic nitrogens is 4. The molecule has 7 nitrogen and oxygen atoms in total. The second-order valence-corrected chi connectivity index (χ2v) is 9.10. The smallest absolute Gasteiger partial charge is 0.262 e. The number of fused-ring (bicyclic) bond motifs is 1. The number of anilines is 1. The molecule has 4 aromatic rings. The lowest BCUT2D eigenvalue weighted by molar-refractivity contribution is -0.118. The molecule has 0 unspecified atom stereocenters. The first-order valence-corrected chi connectivity index (χ1v) is 11.0. The molecule has 0 aliphatic heterocycles. The normalized spacial score (nSPS) is 11.1. The van der Waals surface area contributed by atoms with Crippen LogP contribution in [0.3, 0.4) is 0 Å². The third kappa shape index (κ3) is 4.47. The number of hydrogen-bond acceptors (Lipinski definition) is 7. The predicted molar refractivity (Wildman–Crippen MR) is 120 cm³/mol. The van der Waals surface area contributed by atoms with E-state index in [2.05, 4.69) is 20.4 Å². The zero-order valence-electron chi connectivity index (χ0n) is 17.1. The number of carbonyl (C=O) groups excluding carboxylic acids is 1. The standard InChI is InChI=1S/C21H21N5O2S2/c1-12-9-13(2)22-19-18(12)20(25-26(19)4)28-10-17(27)24-15-5-7-16(8-6-15)30-21-23-14(3)11-29-21/h5-9,11H,10H2,1-4H3,(H,24,27). The summed E-state index contributed by atoms with van der Waals surface area (Å²) in [5, 5.41) is 10.1. The van der Waals surface area contributed by atoms with Crippen LogP contribution >= 0.6 is 23.1 Å². The van der Waals surface area contributed by atoms with Crippen molar-refractivity contribution in [1.29, 1.82) is 0 Å². The number of carbonyl (C=O) groups is 1. The third-order valence-corrected chi connectivity index (χ3v) is 6.43. The van der Waals surface area contributed by atoms with Crippen molar-refractivity contribution < 1.29 is 9.53 Å². The number of thiazole rings is 1. The molecular formula is C21H21N5O2S2. The van der Waals surface area contributed by atoms with Crippen LogP contribution in [0.5, 0.6) is 5.88 Å². The van der Waals surface area contributed by atoms with Gasteiger partial charge < -0.3 is 10.1 Å². The summed E-state index contributed by atoms with van der Waals surface area (Å²) >= 11 is 3.22. The molecule has 154 valence electrons. The summed E-state index contributed by atoms with van der Waals surface area (Å²) in [4.78, 5) is 22.4. The molecule has 0 spiro atoms. The molecule has 0 saturated carbocycles. The Morgan fingerprint density at radius 2 is 1.93 bits per heavy atom. The maximum atomic E-state index is 12.3. The van der Waals surface area contributed by atoms with Crippen LogP contribution in [0.1, 0.15) is 17.0 Å². The first-order chi connectivity index (χ1) is 14.4. The van der Waals surface area contributed by atoms with E-state index in [-0.39, 0.29) is 12.5 Å². The van der Waals surface area contributed by atoms with Crippen molar-refractivity contribution in [2.45, 2.75) is 30.0 Å². The molecule has 30 heavy (non-hydrogen) atoms. The van der Waals surface area contributed by atoms with Gasteiger partial charge in [0.1, 0.15) is 0 Å². The third-order valence-electron chi connectivity index (χ3n) is 4.37. The minimum absolute atomic E-state index is 0.131. The van der Waals surface area contributed by atoms with Gasteiger partial charge in [-0.1, -0.05) is 11.8 Å². The van der Waals surface area contributed by atoms with Gasteiger partial charge in [0, 0.05) is 34.4 Å². The highest BCUT2D eigenvalue weighted by atomic mass is 32.2. The molecule has 4 rings (SSSR count). The Balaban J connectivity index is 1.38. The van der Waals surface area contributed by atoms with Crippen LogP contribution in [-0.4, -0.2) is 32.3 Å². The van der Waals surface area contributed by atoms with E-state index >= 15 is 0 Å². The fourth-order valence-electron chi connectivity index (χ4n) is 3.07. The molecule has 0 radical (unpaired) electrons. The summed E-state index contributed by atoms with van der Waals surface area (Å²) < 4.78 is 8.37.